The van der Waals surface area contributed by atoms with Gasteiger partial charge in [0.05, 0.1) is 0 Å². The van der Waals surface area contributed by atoms with Gasteiger partial charge >= 0.3 is 0 Å². The smallest absolute Gasteiger partial charge is 0.133 e. The Kier molecular flexibility index (Phi) is 5.95. The zero-order chi connectivity index (χ0) is 14.4. The minimum Gasteiger partial charge on any atom is -0.373 e. The van der Waals surface area contributed by atoms with Gasteiger partial charge in [-0.05, 0) is 31.9 Å². The van der Waals surface area contributed by atoms with Gasteiger partial charge in [-0.25, -0.2) is 9.97 Å². The molecular formula is C15H26N4S. The summed E-state index contributed by atoms with van der Waals surface area (Å²) in [6.45, 7) is 2.16. The highest BCUT2D eigenvalue weighted by molar-refractivity contribution is 7.99. The number of hydrogen-bond donors (Lipinski definition) is 2. The van der Waals surface area contributed by atoms with Gasteiger partial charge < -0.3 is 10.6 Å². The molecule has 2 rings (SSSR count). The SMILES string of the molecule is CCCc1nc(NC)cc(NC2CCCC(SC)C2)n1. The summed E-state index contributed by atoms with van der Waals surface area (Å²) < 4.78 is 0. The van der Waals surface area contributed by atoms with Gasteiger partial charge in [0, 0.05) is 30.8 Å². The summed E-state index contributed by atoms with van der Waals surface area (Å²) in [7, 11) is 1.91. The molecule has 0 radical (unpaired) electrons. The van der Waals surface area contributed by atoms with Gasteiger partial charge in [-0.15, -0.1) is 0 Å². The highest BCUT2D eigenvalue weighted by Gasteiger charge is 2.21. The number of thioether (sulfide) groups is 1. The van der Waals surface area contributed by atoms with Crippen LogP contribution in [0.5, 0.6) is 0 Å². The molecule has 0 spiro atoms. The lowest BCUT2D eigenvalue weighted by Crippen LogP contribution is -2.29. The Morgan fingerprint density at radius 1 is 1.30 bits per heavy atom. The quantitative estimate of drug-likeness (QED) is 0.840. The Hall–Kier alpha value is -0.970. The number of nitrogens with one attached hydrogen (secondary N) is 2. The molecule has 4 nitrogen and oxygen atoms in total. The molecule has 0 amide bonds. The first-order chi connectivity index (χ1) is 9.75. The van der Waals surface area contributed by atoms with Gasteiger partial charge in [0.25, 0.3) is 0 Å². The Balaban J connectivity index is 2.05. The lowest BCUT2D eigenvalue weighted by molar-refractivity contribution is 0.472. The highest BCUT2D eigenvalue weighted by Crippen LogP contribution is 2.28. The monoisotopic (exact) mass is 294 g/mol. The molecule has 0 bridgehead atoms. The first-order valence-electron chi connectivity index (χ1n) is 7.60. The third-order valence-corrected chi connectivity index (χ3v) is 4.91. The van der Waals surface area contributed by atoms with Crippen LogP contribution in [0.4, 0.5) is 11.6 Å². The average Bonchev–Trinajstić information content (AvgIpc) is 2.47. The standard InChI is InChI=1S/C15H26N4S/c1-4-6-13-18-14(16-2)10-15(19-13)17-11-7-5-8-12(9-11)20-3/h10-12H,4-9H2,1-3H3,(H2,16,17,18,19). The van der Waals surface area contributed by atoms with Crippen molar-refractivity contribution < 1.29 is 0 Å². The fraction of sp³-hybridized carbons (Fsp3) is 0.733. The second-order valence-corrected chi connectivity index (χ2v) is 6.56. The highest BCUT2D eigenvalue weighted by atomic mass is 32.2. The molecule has 1 aliphatic rings. The largest absolute Gasteiger partial charge is 0.373 e. The van der Waals surface area contributed by atoms with Crippen LogP contribution in [0.3, 0.4) is 0 Å². The van der Waals surface area contributed by atoms with Crippen molar-refractivity contribution in [1.29, 1.82) is 0 Å². The molecule has 1 saturated carbocycles. The van der Waals surface area contributed by atoms with Crippen LogP contribution in [0.25, 0.3) is 0 Å². The fourth-order valence-electron chi connectivity index (χ4n) is 2.73. The molecule has 1 fully saturated rings. The minimum absolute atomic E-state index is 0.551. The first-order valence-corrected chi connectivity index (χ1v) is 8.89. The number of aromatic nitrogens is 2. The summed E-state index contributed by atoms with van der Waals surface area (Å²) in [5, 5.41) is 7.54. The van der Waals surface area contributed by atoms with Crippen molar-refractivity contribution in [3.63, 3.8) is 0 Å². The summed E-state index contributed by atoms with van der Waals surface area (Å²) >= 11 is 1.99. The topological polar surface area (TPSA) is 49.8 Å². The van der Waals surface area contributed by atoms with Gasteiger partial charge in [0.2, 0.25) is 0 Å². The van der Waals surface area contributed by atoms with E-state index in [-0.39, 0.29) is 0 Å². The van der Waals surface area contributed by atoms with Crippen molar-refractivity contribution in [2.24, 2.45) is 0 Å². The second-order valence-electron chi connectivity index (χ2n) is 5.42. The molecule has 20 heavy (non-hydrogen) atoms. The molecule has 1 aromatic heterocycles. The summed E-state index contributed by atoms with van der Waals surface area (Å²) in [6.07, 6.45) is 9.38. The van der Waals surface area contributed by atoms with Crippen molar-refractivity contribution in [2.75, 3.05) is 23.9 Å². The van der Waals surface area contributed by atoms with E-state index in [1.54, 1.807) is 0 Å². The molecule has 0 aliphatic heterocycles. The van der Waals surface area contributed by atoms with Gasteiger partial charge in [0.15, 0.2) is 0 Å². The van der Waals surface area contributed by atoms with Crippen LogP contribution < -0.4 is 10.6 Å². The zero-order valence-electron chi connectivity index (χ0n) is 12.8. The second kappa shape index (κ2) is 7.72. The molecule has 2 atom stereocenters. The Morgan fingerprint density at radius 3 is 2.80 bits per heavy atom. The number of nitrogens with zero attached hydrogens (tertiary/aromatic N) is 2. The van der Waals surface area contributed by atoms with Crippen LogP contribution in [-0.2, 0) is 6.42 Å². The predicted octanol–water partition coefficient (Wildman–Crippen LogP) is 3.56. The van der Waals surface area contributed by atoms with Crippen LogP contribution in [0.1, 0.15) is 44.9 Å². The minimum atomic E-state index is 0.551. The number of anilines is 2. The van der Waals surface area contributed by atoms with Crippen molar-refractivity contribution in [3.05, 3.63) is 11.9 Å². The van der Waals surface area contributed by atoms with E-state index in [1.807, 2.05) is 24.9 Å². The predicted molar refractivity (Wildman–Crippen MR) is 88.8 cm³/mol. The van der Waals surface area contributed by atoms with Gasteiger partial charge in [0.1, 0.15) is 17.5 Å². The molecular weight excluding hydrogens is 268 g/mol. The van der Waals surface area contributed by atoms with Crippen LogP contribution >= 0.6 is 11.8 Å². The maximum atomic E-state index is 4.65. The molecule has 0 saturated heterocycles. The normalized spacial score (nSPS) is 22.6. The van der Waals surface area contributed by atoms with Gasteiger partial charge in [-0.1, -0.05) is 13.3 Å². The van der Waals surface area contributed by atoms with Crippen LogP contribution in [0.15, 0.2) is 6.07 Å². The number of aryl methyl sites for hydroxylation is 1. The lowest BCUT2D eigenvalue weighted by atomic mass is 9.95. The van der Waals surface area contributed by atoms with E-state index >= 15 is 0 Å². The molecule has 5 heteroatoms. The maximum Gasteiger partial charge on any atom is 0.133 e. The van der Waals surface area contributed by atoms with Crippen LogP contribution in [-0.4, -0.2) is 34.6 Å². The summed E-state index contributed by atoms with van der Waals surface area (Å²) in [6, 6.07) is 2.57. The van der Waals surface area contributed by atoms with Crippen LogP contribution in [0.2, 0.25) is 0 Å². The van der Waals surface area contributed by atoms with Crippen LogP contribution in [0, 0.1) is 0 Å². The molecule has 2 N–H and O–H groups in total. The summed E-state index contributed by atoms with van der Waals surface area (Å²) in [5.74, 6) is 2.81. The van der Waals surface area contributed by atoms with Crippen molar-refractivity contribution in [2.45, 2.75) is 56.7 Å². The number of hydrogen-bond acceptors (Lipinski definition) is 5. The summed E-state index contributed by atoms with van der Waals surface area (Å²) in [5.41, 5.74) is 0. The average molecular weight is 294 g/mol. The third kappa shape index (κ3) is 4.27. The van der Waals surface area contributed by atoms with E-state index in [4.69, 9.17) is 0 Å². The Labute approximate surface area is 126 Å². The van der Waals surface area contributed by atoms with Gasteiger partial charge in [-0.2, -0.15) is 11.8 Å². The molecule has 1 aromatic rings. The molecule has 112 valence electrons. The first kappa shape index (κ1) is 15.4. The van der Waals surface area contributed by atoms with Crippen molar-refractivity contribution >= 4 is 23.4 Å². The molecule has 0 aromatic carbocycles. The van der Waals surface area contributed by atoms with Crippen molar-refractivity contribution in [3.8, 4) is 0 Å². The zero-order valence-corrected chi connectivity index (χ0v) is 13.6. The molecule has 2 unspecified atom stereocenters. The Morgan fingerprint density at radius 2 is 2.10 bits per heavy atom. The van der Waals surface area contributed by atoms with Crippen molar-refractivity contribution in [1.82, 2.24) is 9.97 Å². The van der Waals surface area contributed by atoms with E-state index in [2.05, 4.69) is 33.8 Å². The summed E-state index contributed by atoms with van der Waals surface area (Å²) in [4.78, 5) is 9.15. The van der Waals surface area contributed by atoms with E-state index in [0.29, 0.717) is 6.04 Å². The number of rotatable bonds is 6. The lowest BCUT2D eigenvalue weighted by Gasteiger charge is -2.29. The molecule has 1 heterocycles. The fourth-order valence-corrected chi connectivity index (χ4v) is 3.56. The van der Waals surface area contributed by atoms with E-state index < -0.39 is 0 Å². The Bertz CT molecular complexity index is 424. The maximum absolute atomic E-state index is 4.65. The van der Waals surface area contributed by atoms with E-state index in [1.165, 1.54) is 25.7 Å². The molecule has 1 aliphatic carbocycles. The third-order valence-electron chi connectivity index (χ3n) is 3.81. The van der Waals surface area contributed by atoms with E-state index in [0.717, 1.165) is 35.6 Å². The van der Waals surface area contributed by atoms with E-state index in [9.17, 15) is 0 Å². The van der Waals surface area contributed by atoms with Gasteiger partial charge in [-0.3, -0.25) is 0 Å².